The van der Waals surface area contributed by atoms with E-state index < -0.39 is 0 Å². The molecule has 0 radical (unpaired) electrons. The van der Waals surface area contributed by atoms with Crippen LogP contribution in [0.2, 0.25) is 0 Å². The van der Waals surface area contributed by atoms with Crippen molar-refractivity contribution in [1.82, 2.24) is 5.32 Å². The van der Waals surface area contributed by atoms with Gasteiger partial charge >= 0.3 is 0 Å². The predicted octanol–water partition coefficient (Wildman–Crippen LogP) is 3.29. The van der Waals surface area contributed by atoms with Crippen LogP contribution in [0.3, 0.4) is 0 Å². The summed E-state index contributed by atoms with van der Waals surface area (Å²) in [5.41, 5.74) is 0.470. The molecule has 2 aromatic carbocycles. The maximum absolute atomic E-state index is 12.3. The van der Waals surface area contributed by atoms with E-state index in [1.54, 1.807) is 32.4 Å². The molecule has 0 atom stereocenters. The van der Waals surface area contributed by atoms with Gasteiger partial charge < -0.3 is 19.5 Å². The summed E-state index contributed by atoms with van der Waals surface area (Å²) in [5.74, 6) is 1.84. The number of para-hydroxylation sites is 1. The van der Waals surface area contributed by atoms with Crippen molar-refractivity contribution in [3.8, 4) is 17.2 Å². The van der Waals surface area contributed by atoms with Crippen LogP contribution in [-0.4, -0.2) is 33.3 Å². The molecule has 0 aliphatic rings. The average molecular weight is 329 g/mol. The highest BCUT2D eigenvalue weighted by Crippen LogP contribution is 2.23. The first-order valence-corrected chi connectivity index (χ1v) is 7.92. The van der Waals surface area contributed by atoms with Gasteiger partial charge in [-0.3, -0.25) is 4.79 Å². The van der Waals surface area contributed by atoms with E-state index in [-0.39, 0.29) is 5.91 Å². The third kappa shape index (κ3) is 5.19. The molecule has 5 heteroatoms. The number of methoxy groups -OCH3 is 2. The highest BCUT2D eigenvalue weighted by atomic mass is 16.5. The molecule has 0 aliphatic carbocycles. The summed E-state index contributed by atoms with van der Waals surface area (Å²) in [7, 11) is 3.11. The van der Waals surface area contributed by atoms with Crippen molar-refractivity contribution in [1.29, 1.82) is 0 Å². The number of ether oxygens (including phenoxy) is 3. The highest BCUT2D eigenvalue weighted by Gasteiger charge is 2.13. The molecule has 0 bridgehead atoms. The van der Waals surface area contributed by atoms with Crippen molar-refractivity contribution in [2.75, 3.05) is 27.4 Å². The van der Waals surface area contributed by atoms with Crippen molar-refractivity contribution < 1.29 is 19.0 Å². The number of unbranched alkanes of at least 4 members (excludes halogenated alkanes) is 1. The van der Waals surface area contributed by atoms with E-state index in [9.17, 15) is 4.79 Å². The van der Waals surface area contributed by atoms with Gasteiger partial charge in [-0.1, -0.05) is 18.2 Å². The van der Waals surface area contributed by atoms with Gasteiger partial charge in [-0.25, -0.2) is 0 Å². The SMILES string of the molecule is COc1ccc(OC)c(C(=O)NCCCCOc2ccccc2)c1. The first kappa shape index (κ1) is 17.7. The minimum absolute atomic E-state index is 0.172. The van der Waals surface area contributed by atoms with Crippen molar-refractivity contribution in [2.24, 2.45) is 0 Å². The Labute approximate surface area is 142 Å². The van der Waals surface area contributed by atoms with E-state index >= 15 is 0 Å². The minimum atomic E-state index is -0.172. The lowest BCUT2D eigenvalue weighted by Crippen LogP contribution is -2.25. The smallest absolute Gasteiger partial charge is 0.255 e. The first-order valence-electron chi connectivity index (χ1n) is 7.92. The van der Waals surface area contributed by atoms with Gasteiger partial charge in [0, 0.05) is 6.54 Å². The minimum Gasteiger partial charge on any atom is -0.497 e. The van der Waals surface area contributed by atoms with Gasteiger partial charge in [-0.05, 0) is 43.2 Å². The largest absolute Gasteiger partial charge is 0.497 e. The standard InChI is InChI=1S/C19H23NO4/c1-22-16-10-11-18(23-2)17(14-16)19(21)20-12-6-7-13-24-15-8-4-3-5-9-15/h3-5,8-11,14H,6-7,12-13H2,1-2H3,(H,20,21). The summed E-state index contributed by atoms with van der Waals surface area (Å²) >= 11 is 0. The van der Waals surface area contributed by atoms with Crippen LogP contribution in [0.5, 0.6) is 17.2 Å². The molecule has 5 nitrogen and oxygen atoms in total. The summed E-state index contributed by atoms with van der Waals surface area (Å²) in [6.07, 6.45) is 1.70. The molecular formula is C19H23NO4. The summed E-state index contributed by atoms with van der Waals surface area (Å²) in [4.78, 5) is 12.3. The molecule has 24 heavy (non-hydrogen) atoms. The average Bonchev–Trinajstić information content (AvgIpc) is 2.64. The fraction of sp³-hybridized carbons (Fsp3) is 0.316. The monoisotopic (exact) mass is 329 g/mol. The Bertz CT molecular complexity index is 643. The zero-order chi connectivity index (χ0) is 17.2. The molecule has 128 valence electrons. The van der Waals surface area contributed by atoms with Gasteiger partial charge in [0.25, 0.3) is 5.91 Å². The number of rotatable bonds is 9. The molecule has 2 aromatic rings. The number of carbonyl (C=O) groups is 1. The van der Waals surface area contributed by atoms with E-state index in [0.717, 1.165) is 18.6 Å². The van der Waals surface area contributed by atoms with Crippen molar-refractivity contribution in [3.63, 3.8) is 0 Å². The third-order valence-electron chi connectivity index (χ3n) is 3.52. The molecule has 0 heterocycles. The second-order valence-electron chi connectivity index (χ2n) is 5.19. The fourth-order valence-electron chi connectivity index (χ4n) is 2.22. The maximum atomic E-state index is 12.3. The van der Waals surface area contributed by atoms with Gasteiger partial charge in [0.1, 0.15) is 17.2 Å². The van der Waals surface area contributed by atoms with E-state index in [4.69, 9.17) is 14.2 Å². The Morgan fingerprint density at radius 3 is 2.46 bits per heavy atom. The van der Waals surface area contributed by atoms with Crippen LogP contribution >= 0.6 is 0 Å². The molecule has 0 fully saturated rings. The summed E-state index contributed by atoms with van der Waals surface area (Å²) in [5, 5.41) is 2.89. The van der Waals surface area contributed by atoms with Crippen LogP contribution < -0.4 is 19.5 Å². The summed E-state index contributed by atoms with van der Waals surface area (Å²) in [6.45, 7) is 1.21. The van der Waals surface area contributed by atoms with E-state index in [2.05, 4.69) is 5.32 Å². The quantitative estimate of drug-likeness (QED) is 0.717. The van der Waals surface area contributed by atoms with Gasteiger partial charge in [0.2, 0.25) is 0 Å². The topological polar surface area (TPSA) is 56.8 Å². The first-order chi connectivity index (χ1) is 11.7. The number of nitrogens with one attached hydrogen (secondary N) is 1. The summed E-state index contributed by atoms with van der Waals surface area (Å²) in [6, 6.07) is 14.8. The number of benzene rings is 2. The van der Waals surface area contributed by atoms with Crippen LogP contribution in [0.4, 0.5) is 0 Å². The number of carbonyl (C=O) groups excluding carboxylic acids is 1. The zero-order valence-electron chi connectivity index (χ0n) is 14.1. The normalized spacial score (nSPS) is 10.1. The lowest BCUT2D eigenvalue weighted by Gasteiger charge is -2.11. The molecule has 0 spiro atoms. The predicted molar refractivity (Wildman–Crippen MR) is 93.1 cm³/mol. The van der Waals surface area contributed by atoms with E-state index in [1.165, 1.54) is 0 Å². The molecule has 0 aromatic heterocycles. The third-order valence-corrected chi connectivity index (χ3v) is 3.52. The van der Waals surface area contributed by atoms with Gasteiger partial charge in [0.15, 0.2) is 0 Å². The zero-order valence-corrected chi connectivity index (χ0v) is 14.1. The lowest BCUT2D eigenvalue weighted by atomic mass is 10.1. The molecule has 1 N–H and O–H groups in total. The lowest BCUT2D eigenvalue weighted by molar-refractivity contribution is 0.0949. The van der Waals surface area contributed by atoms with E-state index in [0.29, 0.717) is 30.2 Å². The Kier molecular flexibility index (Phi) is 6.95. The van der Waals surface area contributed by atoms with Gasteiger partial charge in [-0.2, -0.15) is 0 Å². The molecule has 1 amide bonds. The van der Waals surface area contributed by atoms with Gasteiger partial charge in [-0.15, -0.1) is 0 Å². The van der Waals surface area contributed by atoms with Crippen LogP contribution in [0.25, 0.3) is 0 Å². The number of hydrogen-bond donors (Lipinski definition) is 1. The highest BCUT2D eigenvalue weighted by molar-refractivity contribution is 5.97. The molecule has 2 rings (SSSR count). The second-order valence-corrected chi connectivity index (χ2v) is 5.19. The van der Waals surface area contributed by atoms with Crippen LogP contribution in [0.1, 0.15) is 23.2 Å². The molecule has 0 saturated carbocycles. The number of hydrogen-bond acceptors (Lipinski definition) is 4. The molecule has 0 unspecified atom stereocenters. The van der Waals surface area contributed by atoms with E-state index in [1.807, 2.05) is 30.3 Å². The van der Waals surface area contributed by atoms with Crippen LogP contribution in [0.15, 0.2) is 48.5 Å². The van der Waals surface area contributed by atoms with Gasteiger partial charge in [0.05, 0.1) is 26.4 Å². The van der Waals surface area contributed by atoms with Crippen LogP contribution in [0, 0.1) is 0 Å². The summed E-state index contributed by atoms with van der Waals surface area (Å²) < 4.78 is 16.0. The fourth-order valence-corrected chi connectivity index (χ4v) is 2.22. The van der Waals surface area contributed by atoms with Crippen molar-refractivity contribution in [3.05, 3.63) is 54.1 Å². The van der Waals surface area contributed by atoms with Crippen molar-refractivity contribution in [2.45, 2.75) is 12.8 Å². The molecule has 0 aliphatic heterocycles. The Balaban J connectivity index is 1.73. The number of amides is 1. The Morgan fingerprint density at radius 1 is 0.958 bits per heavy atom. The van der Waals surface area contributed by atoms with Crippen molar-refractivity contribution >= 4 is 5.91 Å². The van der Waals surface area contributed by atoms with Crippen LogP contribution in [-0.2, 0) is 0 Å². The molecule has 0 saturated heterocycles. The molecular weight excluding hydrogens is 306 g/mol. The Morgan fingerprint density at radius 2 is 1.75 bits per heavy atom. The maximum Gasteiger partial charge on any atom is 0.255 e. The Hall–Kier alpha value is -2.69. The second kappa shape index (κ2) is 9.45.